The monoisotopic (exact) mass is 494 g/mol. The Morgan fingerprint density at radius 1 is 1.00 bits per heavy atom. The van der Waals surface area contributed by atoms with Gasteiger partial charge in [-0.1, -0.05) is 60.2 Å². The molecular formula is C28H26N6O3. The Labute approximate surface area is 212 Å². The summed E-state index contributed by atoms with van der Waals surface area (Å²) in [6, 6.07) is 25.5. The molecular weight excluding hydrogens is 468 g/mol. The smallest absolute Gasteiger partial charge is 0.329 e. The molecule has 0 aliphatic heterocycles. The van der Waals surface area contributed by atoms with Crippen molar-refractivity contribution in [2.75, 3.05) is 5.43 Å². The van der Waals surface area contributed by atoms with E-state index in [2.05, 4.69) is 20.5 Å². The fraction of sp³-hybridized carbons (Fsp3) is 0.143. The molecule has 0 atom stereocenters. The highest BCUT2D eigenvalue weighted by Gasteiger charge is 2.17. The number of aryl methyl sites for hydroxylation is 2. The second kappa shape index (κ2) is 10.4. The molecule has 5 rings (SSSR count). The van der Waals surface area contributed by atoms with Gasteiger partial charge in [-0.25, -0.2) is 10.2 Å². The average molecular weight is 495 g/mol. The van der Waals surface area contributed by atoms with Crippen molar-refractivity contribution in [3.63, 3.8) is 0 Å². The lowest BCUT2D eigenvalue weighted by Crippen LogP contribution is -2.29. The predicted molar refractivity (Wildman–Crippen MR) is 144 cm³/mol. The van der Waals surface area contributed by atoms with Gasteiger partial charge in [0.1, 0.15) is 12.4 Å². The maximum atomic E-state index is 12.7. The minimum absolute atomic E-state index is 0.277. The molecule has 0 unspecified atom stereocenters. The summed E-state index contributed by atoms with van der Waals surface area (Å²) in [6.45, 7) is 2.88. The Bertz CT molecular complexity index is 1680. The minimum atomic E-state index is -0.526. The van der Waals surface area contributed by atoms with E-state index < -0.39 is 11.2 Å². The average Bonchev–Trinajstić information content (AvgIpc) is 3.26. The number of hydrogen-bond acceptors (Lipinski definition) is 6. The number of H-pyrrole nitrogens is 1. The number of nitrogens with one attached hydrogen (secondary N) is 2. The Kier molecular flexibility index (Phi) is 6.67. The zero-order chi connectivity index (χ0) is 25.8. The van der Waals surface area contributed by atoms with Crippen LogP contribution >= 0.6 is 0 Å². The first-order chi connectivity index (χ1) is 18.0. The van der Waals surface area contributed by atoms with Crippen LogP contribution in [-0.2, 0) is 20.2 Å². The molecule has 9 heteroatoms. The van der Waals surface area contributed by atoms with Gasteiger partial charge in [-0.05, 0) is 47.9 Å². The molecule has 0 saturated heterocycles. The van der Waals surface area contributed by atoms with E-state index in [1.807, 2.05) is 85.8 Å². The van der Waals surface area contributed by atoms with Crippen LogP contribution in [0, 0.1) is 6.92 Å². The molecule has 0 spiro atoms. The number of anilines is 1. The van der Waals surface area contributed by atoms with E-state index >= 15 is 0 Å². The van der Waals surface area contributed by atoms with E-state index in [-0.39, 0.29) is 5.65 Å². The number of fused-ring (bicyclic) bond motifs is 1. The lowest BCUT2D eigenvalue weighted by Gasteiger charge is -2.09. The molecule has 2 aromatic heterocycles. The van der Waals surface area contributed by atoms with Crippen molar-refractivity contribution >= 4 is 23.3 Å². The van der Waals surface area contributed by atoms with Gasteiger partial charge in [0.25, 0.3) is 5.56 Å². The maximum absolute atomic E-state index is 12.7. The molecule has 0 bridgehead atoms. The molecule has 2 heterocycles. The highest BCUT2D eigenvalue weighted by Crippen LogP contribution is 2.19. The zero-order valence-corrected chi connectivity index (χ0v) is 20.5. The second-order valence-electron chi connectivity index (χ2n) is 8.71. The van der Waals surface area contributed by atoms with Crippen LogP contribution in [-0.4, -0.2) is 25.3 Å². The SMILES string of the molecule is Cc1cccc(Cn2c(N/N=C\c3ccc(OCc4ccccc4)cc3)nc3c2c(=O)[nH]c(=O)n3C)c1. The predicted octanol–water partition coefficient (Wildman–Crippen LogP) is 3.81. The summed E-state index contributed by atoms with van der Waals surface area (Å²) in [6.07, 6.45) is 1.65. The summed E-state index contributed by atoms with van der Waals surface area (Å²) in [5, 5.41) is 4.33. The van der Waals surface area contributed by atoms with E-state index in [4.69, 9.17) is 4.74 Å². The Balaban J connectivity index is 1.37. The molecule has 0 aliphatic carbocycles. The van der Waals surface area contributed by atoms with Crippen molar-refractivity contribution in [3.8, 4) is 5.75 Å². The Morgan fingerprint density at radius 2 is 1.76 bits per heavy atom. The fourth-order valence-electron chi connectivity index (χ4n) is 4.02. The first-order valence-electron chi connectivity index (χ1n) is 11.8. The molecule has 37 heavy (non-hydrogen) atoms. The summed E-state index contributed by atoms with van der Waals surface area (Å²) < 4.78 is 8.87. The molecule has 0 fully saturated rings. The molecule has 9 nitrogen and oxygen atoms in total. The van der Waals surface area contributed by atoms with E-state index in [9.17, 15) is 9.59 Å². The third-order valence-corrected chi connectivity index (χ3v) is 5.94. The highest BCUT2D eigenvalue weighted by molar-refractivity contribution is 5.80. The van der Waals surface area contributed by atoms with Crippen LogP contribution in [0.5, 0.6) is 5.75 Å². The quantitative estimate of drug-likeness (QED) is 0.252. The summed E-state index contributed by atoms with van der Waals surface area (Å²) in [5.74, 6) is 1.11. The van der Waals surface area contributed by atoms with Gasteiger partial charge < -0.3 is 4.74 Å². The zero-order valence-electron chi connectivity index (χ0n) is 20.5. The van der Waals surface area contributed by atoms with Crippen LogP contribution in [0.4, 0.5) is 5.95 Å². The molecule has 0 saturated carbocycles. The van der Waals surface area contributed by atoms with E-state index in [0.717, 1.165) is 28.0 Å². The first-order valence-corrected chi connectivity index (χ1v) is 11.8. The van der Waals surface area contributed by atoms with Crippen molar-refractivity contribution in [3.05, 3.63) is 122 Å². The molecule has 186 valence electrons. The summed E-state index contributed by atoms with van der Waals surface area (Å²) >= 11 is 0. The van der Waals surface area contributed by atoms with E-state index in [0.29, 0.717) is 24.6 Å². The van der Waals surface area contributed by atoms with Crippen LogP contribution in [0.2, 0.25) is 0 Å². The standard InChI is InChI=1S/C28H26N6O3/c1-19-7-6-10-22(15-19)17-34-24-25(33(2)28(36)31-26(24)35)30-27(34)32-29-16-20-11-13-23(14-12-20)37-18-21-8-4-3-5-9-21/h3-16H,17-18H2,1-2H3,(H,30,32)(H,31,35,36)/b29-16-. The summed E-state index contributed by atoms with van der Waals surface area (Å²) in [4.78, 5) is 31.7. The highest BCUT2D eigenvalue weighted by atomic mass is 16.5. The lowest BCUT2D eigenvalue weighted by molar-refractivity contribution is 0.306. The van der Waals surface area contributed by atoms with Crippen molar-refractivity contribution in [1.82, 2.24) is 19.1 Å². The van der Waals surface area contributed by atoms with Gasteiger partial charge >= 0.3 is 5.69 Å². The van der Waals surface area contributed by atoms with Gasteiger partial charge in [0.2, 0.25) is 5.95 Å². The largest absolute Gasteiger partial charge is 0.489 e. The third kappa shape index (κ3) is 5.35. The Hall–Kier alpha value is -4.92. The molecule has 5 aromatic rings. The van der Waals surface area contributed by atoms with E-state index in [1.54, 1.807) is 17.8 Å². The molecule has 2 N–H and O–H groups in total. The van der Waals surface area contributed by atoms with Crippen LogP contribution in [0.15, 0.2) is 93.6 Å². The topological polar surface area (TPSA) is 106 Å². The van der Waals surface area contributed by atoms with Crippen molar-refractivity contribution in [1.29, 1.82) is 0 Å². The number of nitrogens with zero attached hydrogens (tertiary/aromatic N) is 4. The van der Waals surface area contributed by atoms with E-state index in [1.165, 1.54) is 4.57 Å². The minimum Gasteiger partial charge on any atom is -0.489 e. The number of hydrogen-bond donors (Lipinski definition) is 2. The van der Waals surface area contributed by atoms with Crippen molar-refractivity contribution in [2.24, 2.45) is 12.1 Å². The molecule has 0 amide bonds. The van der Waals surface area contributed by atoms with Gasteiger partial charge in [-0.3, -0.25) is 18.9 Å². The van der Waals surface area contributed by atoms with Gasteiger partial charge in [0, 0.05) is 7.05 Å². The van der Waals surface area contributed by atoms with Gasteiger partial charge in [0.05, 0.1) is 12.8 Å². The lowest BCUT2D eigenvalue weighted by atomic mass is 10.1. The van der Waals surface area contributed by atoms with Gasteiger partial charge in [-0.2, -0.15) is 10.1 Å². The molecule has 0 radical (unpaired) electrons. The van der Waals surface area contributed by atoms with Crippen molar-refractivity contribution < 1.29 is 4.74 Å². The van der Waals surface area contributed by atoms with Crippen LogP contribution in [0.25, 0.3) is 11.2 Å². The number of rotatable bonds is 8. The number of hydrazone groups is 1. The number of aromatic amines is 1. The third-order valence-electron chi connectivity index (χ3n) is 5.94. The number of benzene rings is 3. The van der Waals surface area contributed by atoms with Gasteiger partial charge in [0.15, 0.2) is 11.2 Å². The second-order valence-corrected chi connectivity index (χ2v) is 8.71. The van der Waals surface area contributed by atoms with Crippen LogP contribution in [0.1, 0.15) is 22.3 Å². The molecule has 0 aliphatic rings. The normalized spacial score (nSPS) is 11.3. The van der Waals surface area contributed by atoms with Gasteiger partial charge in [-0.15, -0.1) is 0 Å². The molecule has 3 aromatic carbocycles. The maximum Gasteiger partial charge on any atom is 0.329 e. The van der Waals surface area contributed by atoms with Crippen LogP contribution < -0.4 is 21.4 Å². The van der Waals surface area contributed by atoms with Crippen LogP contribution in [0.3, 0.4) is 0 Å². The number of ether oxygens (including phenoxy) is 1. The summed E-state index contributed by atoms with van der Waals surface area (Å²) in [5.41, 5.74) is 6.54. The summed E-state index contributed by atoms with van der Waals surface area (Å²) in [7, 11) is 1.57. The Morgan fingerprint density at radius 3 is 2.51 bits per heavy atom. The fourth-order valence-corrected chi connectivity index (χ4v) is 4.02. The number of aromatic nitrogens is 4. The first kappa shape index (κ1) is 23.8. The number of imidazole rings is 1. The van der Waals surface area contributed by atoms with Crippen molar-refractivity contribution in [2.45, 2.75) is 20.1 Å².